The zero-order chi connectivity index (χ0) is 14.5. The molecule has 0 unspecified atom stereocenters. The number of carboxylic acid groups (broad SMARTS) is 1. The lowest BCUT2D eigenvalue weighted by Gasteiger charge is -2.06. The third-order valence-electron chi connectivity index (χ3n) is 2.58. The number of carboxylic acids is 1. The Balaban J connectivity index is 1.97. The molecule has 0 radical (unpaired) electrons. The van der Waals surface area contributed by atoms with Crippen molar-refractivity contribution in [2.45, 2.75) is 13.5 Å². The summed E-state index contributed by atoms with van der Waals surface area (Å²) in [5.74, 6) is -0.184. The molecule has 0 spiro atoms. The van der Waals surface area contributed by atoms with Crippen molar-refractivity contribution in [3.8, 4) is 5.75 Å². The third-order valence-corrected chi connectivity index (χ3v) is 4.03. The predicted octanol–water partition coefficient (Wildman–Crippen LogP) is 4.39. The van der Waals surface area contributed by atoms with Crippen LogP contribution in [-0.4, -0.2) is 11.1 Å². The molecule has 104 valence electrons. The van der Waals surface area contributed by atoms with Crippen LogP contribution in [-0.2, 0) is 11.4 Å². The maximum atomic E-state index is 10.4. The molecular weight excluding hydrogens is 296 g/mol. The fourth-order valence-corrected chi connectivity index (χ4v) is 2.52. The van der Waals surface area contributed by atoms with Gasteiger partial charge in [0, 0.05) is 20.9 Å². The van der Waals surface area contributed by atoms with Gasteiger partial charge in [0.05, 0.1) is 0 Å². The number of thiophene rings is 1. The van der Waals surface area contributed by atoms with Crippen LogP contribution < -0.4 is 4.74 Å². The lowest BCUT2D eigenvalue weighted by molar-refractivity contribution is -0.131. The van der Waals surface area contributed by atoms with E-state index >= 15 is 0 Å². The van der Waals surface area contributed by atoms with Gasteiger partial charge in [-0.3, -0.25) is 0 Å². The van der Waals surface area contributed by atoms with E-state index in [9.17, 15) is 4.79 Å². The molecule has 2 rings (SSSR count). The van der Waals surface area contributed by atoms with Crippen LogP contribution in [0.3, 0.4) is 0 Å². The molecule has 1 aromatic heterocycles. The van der Waals surface area contributed by atoms with E-state index < -0.39 is 5.97 Å². The third kappa shape index (κ3) is 4.11. The molecule has 3 nitrogen and oxygen atoms in total. The second-order valence-electron chi connectivity index (χ2n) is 4.18. The summed E-state index contributed by atoms with van der Waals surface area (Å²) in [4.78, 5) is 12.3. The Hall–Kier alpha value is -1.78. The van der Waals surface area contributed by atoms with Crippen molar-refractivity contribution in [3.63, 3.8) is 0 Å². The highest BCUT2D eigenvalue weighted by molar-refractivity contribution is 7.12. The Morgan fingerprint density at radius 2 is 2.20 bits per heavy atom. The van der Waals surface area contributed by atoms with E-state index in [-0.39, 0.29) is 0 Å². The number of benzene rings is 1. The van der Waals surface area contributed by atoms with Crippen LogP contribution >= 0.6 is 22.9 Å². The van der Waals surface area contributed by atoms with Crippen molar-refractivity contribution in [1.29, 1.82) is 0 Å². The molecular formula is C15H13ClO3S. The molecule has 0 bridgehead atoms. The average Bonchev–Trinajstić information content (AvgIpc) is 2.86. The number of hydrogen-bond acceptors (Lipinski definition) is 3. The van der Waals surface area contributed by atoms with E-state index in [1.165, 1.54) is 11.3 Å². The van der Waals surface area contributed by atoms with Crippen molar-refractivity contribution in [1.82, 2.24) is 0 Å². The second-order valence-corrected chi connectivity index (χ2v) is 5.78. The molecule has 1 N–H and O–H groups in total. The first kappa shape index (κ1) is 14.6. The molecule has 0 aliphatic carbocycles. The fourth-order valence-electron chi connectivity index (χ4n) is 1.58. The number of aliphatic carboxylic acids is 1. The van der Waals surface area contributed by atoms with Gasteiger partial charge in [-0.2, -0.15) is 0 Å². The smallest absolute Gasteiger partial charge is 0.328 e. The molecule has 0 saturated carbocycles. The van der Waals surface area contributed by atoms with E-state index in [1.54, 1.807) is 6.08 Å². The maximum absolute atomic E-state index is 10.4. The number of halogens is 1. The van der Waals surface area contributed by atoms with E-state index in [0.717, 1.165) is 32.2 Å². The van der Waals surface area contributed by atoms with Gasteiger partial charge in [0.15, 0.2) is 0 Å². The summed E-state index contributed by atoms with van der Waals surface area (Å²) in [6.07, 6.45) is 2.70. The zero-order valence-electron chi connectivity index (χ0n) is 10.8. The van der Waals surface area contributed by atoms with Crippen LogP contribution in [0.25, 0.3) is 6.08 Å². The number of hydrogen-bond donors (Lipinski definition) is 1. The summed E-state index contributed by atoms with van der Waals surface area (Å²) in [7, 11) is 0. The van der Waals surface area contributed by atoms with Crippen LogP contribution in [0.15, 0.2) is 36.4 Å². The normalized spacial score (nSPS) is 10.9. The average molecular weight is 309 g/mol. The number of aryl methyl sites for hydroxylation is 1. The summed E-state index contributed by atoms with van der Waals surface area (Å²) in [5, 5.41) is 9.28. The van der Waals surface area contributed by atoms with Gasteiger partial charge in [-0.05, 0) is 48.9 Å². The SMILES string of the molecule is Cc1cc(OCc2ccc(C=CC(=O)O)s2)ccc1Cl. The molecule has 5 heteroatoms. The minimum absolute atomic E-state index is 0.451. The zero-order valence-corrected chi connectivity index (χ0v) is 12.4. The standard InChI is InChI=1S/C15H13ClO3S/c1-10-8-11(2-6-14(10)16)19-9-13-4-3-12(20-13)5-7-15(17)18/h2-8H,9H2,1H3,(H,17,18). The highest BCUT2D eigenvalue weighted by Crippen LogP contribution is 2.23. The molecule has 0 aliphatic heterocycles. The molecule has 2 aromatic rings. The Morgan fingerprint density at radius 1 is 1.40 bits per heavy atom. The lowest BCUT2D eigenvalue weighted by Crippen LogP contribution is -1.93. The van der Waals surface area contributed by atoms with Crippen molar-refractivity contribution < 1.29 is 14.6 Å². The molecule has 0 atom stereocenters. The van der Waals surface area contributed by atoms with Gasteiger partial charge < -0.3 is 9.84 Å². The largest absolute Gasteiger partial charge is 0.488 e. The quantitative estimate of drug-likeness (QED) is 0.833. The Morgan fingerprint density at radius 3 is 2.90 bits per heavy atom. The van der Waals surface area contributed by atoms with Gasteiger partial charge in [-0.1, -0.05) is 11.6 Å². The first-order chi connectivity index (χ1) is 9.54. The van der Waals surface area contributed by atoms with Crippen LogP contribution in [0.1, 0.15) is 15.3 Å². The van der Waals surface area contributed by atoms with Gasteiger partial charge in [-0.15, -0.1) is 11.3 Å². The van der Waals surface area contributed by atoms with Crippen molar-refractivity contribution in [2.75, 3.05) is 0 Å². The minimum Gasteiger partial charge on any atom is -0.488 e. The monoisotopic (exact) mass is 308 g/mol. The predicted molar refractivity (Wildman–Crippen MR) is 81.5 cm³/mol. The molecule has 1 heterocycles. The summed E-state index contributed by atoms with van der Waals surface area (Å²) < 4.78 is 5.68. The van der Waals surface area contributed by atoms with Crippen molar-refractivity contribution in [3.05, 3.63) is 56.7 Å². The molecule has 1 aromatic carbocycles. The van der Waals surface area contributed by atoms with Gasteiger partial charge in [-0.25, -0.2) is 4.79 Å². The van der Waals surface area contributed by atoms with Gasteiger partial charge in [0.25, 0.3) is 0 Å². The maximum Gasteiger partial charge on any atom is 0.328 e. The van der Waals surface area contributed by atoms with E-state index in [0.29, 0.717) is 6.61 Å². The van der Waals surface area contributed by atoms with E-state index in [4.69, 9.17) is 21.4 Å². The van der Waals surface area contributed by atoms with Gasteiger partial charge >= 0.3 is 5.97 Å². The van der Waals surface area contributed by atoms with Gasteiger partial charge in [0.2, 0.25) is 0 Å². The summed E-state index contributed by atoms with van der Waals surface area (Å²) in [6, 6.07) is 9.32. The highest BCUT2D eigenvalue weighted by Gasteiger charge is 2.02. The Kier molecular flexibility index (Phi) is 4.82. The summed E-state index contributed by atoms with van der Waals surface area (Å²) in [6.45, 7) is 2.38. The molecule has 0 aliphatic rings. The minimum atomic E-state index is -0.951. The van der Waals surface area contributed by atoms with Crippen molar-refractivity contribution >= 4 is 35.0 Å². The molecule has 20 heavy (non-hydrogen) atoms. The van der Waals surface area contributed by atoms with E-state index in [2.05, 4.69) is 0 Å². The number of ether oxygens (including phenoxy) is 1. The Labute approximate surface area is 126 Å². The first-order valence-corrected chi connectivity index (χ1v) is 7.13. The van der Waals surface area contributed by atoms with Crippen LogP contribution in [0, 0.1) is 6.92 Å². The second kappa shape index (κ2) is 6.59. The number of carbonyl (C=O) groups is 1. The van der Waals surface area contributed by atoms with Crippen LogP contribution in [0.2, 0.25) is 5.02 Å². The number of rotatable bonds is 5. The molecule has 0 fully saturated rings. The highest BCUT2D eigenvalue weighted by atomic mass is 35.5. The lowest BCUT2D eigenvalue weighted by atomic mass is 10.2. The first-order valence-electron chi connectivity index (χ1n) is 5.93. The van der Waals surface area contributed by atoms with Crippen LogP contribution in [0.4, 0.5) is 0 Å². The fraction of sp³-hybridized carbons (Fsp3) is 0.133. The summed E-state index contributed by atoms with van der Waals surface area (Å²) in [5.41, 5.74) is 0.973. The van der Waals surface area contributed by atoms with Crippen LogP contribution in [0.5, 0.6) is 5.75 Å². The molecule has 0 amide bonds. The van der Waals surface area contributed by atoms with Crippen molar-refractivity contribution in [2.24, 2.45) is 0 Å². The summed E-state index contributed by atoms with van der Waals surface area (Å²) >= 11 is 7.45. The molecule has 0 saturated heterocycles. The topological polar surface area (TPSA) is 46.5 Å². The van der Waals surface area contributed by atoms with E-state index in [1.807, 2.05) is 37.3 Å². The Bertz CT molecular complexity index is 646. The van der Waals surface area contributed by atoms with Gasteiger partial charge in [0.1, 0.15) is 12.4 Å².